The molecule has 0 fully saturated rings. The highest BCUT2D eigenvalue weighted by Crippen LogP contribution is 2.02. The van der Waals surface area contributed by atoms with Crippen LogP contribution in [-0.4, -0.2) is 24.3 Å². The van der Waals surface area contributed by atoms with Crippen molar-refractivity contribution in [1.82, 2.24) is 0 Å². The average molecular weight is 365 g/mol. The van der Waals surface area contributed by atoms with Gasteiger partial charge in [0.25, 0.3) is 0 Å². The van der Waals surface area contributed by atoms with E-state index in [1.807, 2.05) is 6.92 Å². The van der Waals surface area contributed by atoms with Crippen LogP contribution in [0.25, 0.3) is 0 Å². The molecule has 0 saturated carbocycles. The van der Waals surface area contributed by atoms with Gasteiger partial charge in [0.05, 0.1) is 17.6 Å². The van der Waals surface area contributed by atoms with Crippen molar-refractivity contribution >= 4 is 5.97 Å². The Morgan fingerprint density at radius 3 is 1.92 bits per heavy atom. The lowest BCUT2D eigenvalue weighted by molar-refractivity contribution is -0.144. The lowest BCUT2D eigenvalue weighted by Crippen LogP contribution is -2.07. The summed E-state index contributed by atoms with van der Waals surface area (Å²) in [4.78, 5) is 11.4. The largest absolute Gasteiger partial charge is 0.463 e. The zero-order chi connectivity index (χ0) is 25.4. The van der Waals surface area contributed by atoms with Crippen LogP contribution in [0.4, 0.5) is 0 Å². The van der Waals surface area contributed by atoms with Crippen LogP contribution < -0.4 is 0 Å². The molecule has 0 saturated heterocycles. The van der Waals surface area contributed by atoms with Gasteiger partial charge in [-0.2, -0.15) is 0 Å². The molecular weight excluding hydrogens is 312 g/mol. The summed E-state index contributed by atoms with van der Waals surface area (Å²) in [5.41, 5.74) is 0. The van der Waals surface area contributed by atoms with Gasteiger partial charge >= 0.3 is 5.97 Å². The Hall–Kier alpha value is -1.61. The molecule has 3 heteroatoms. The van der Waals surface area contributed by atoms with Crippen LogP contribution in [0.5, 0.6) is 0 Å². The Bertz CT molecular complexity index is 757. The molecule has 0 spiro atoms. The van der Waals surface area contributed by atoms with Gasteiger partial charge in [-0.25, -0.2) is 0 Å². The summed E-state index contributed by atoms with van der Waals surface area (Å²) >= 11 is 0. The molecule has 0 aromatic heterocycles. The van der Waals surface area contributed by atoms with Gasteiger partial charge in [-0.3, -0.25) is 4.79 Å². The van der Waals surface area contributed by atoms with E-state index in [0.29, 0.717) is 6.42 Å². The predicted molar refractivity (Wildman–Crippen MR) is 106 cm³/mol. The number of aliphatic hydroxyl groups excluding tert-OH is 1. The topological polar surface area (TPSA) is 46.5 Å². The van der Waals surface area contributed by atoms with Crippen LogP contribution >= 0.6 is 0 Å². The van der Waals surface area contributed by atoms with Crippen molar-refractivity contribution in [3.8, 4) is 0 Å². The predicted octanol–water partition coefficient (Wildman–Crippen LogP) is 5.67. The number of unbranched alkanes of at least 4 members (excludes halogenated alkanes) is 2. The first-order valence-electron chi connectivity index (χ1n) is 12.9. The second kappa shape index (κ2) is 20.4. The van der Waals surface area contributed by atoms with Gasteiger partial charge < -0.3 is 9.84 Å². The van der Waals surface area contributed by atoms with Crippen molar-refractivity contribution in [3.05, 3.63) is 48.4 Å². The molecule has 1 N–H and O–H groups in total. The summed E-state index contributed by atoms with van der Waals surface area (Å²) in [5.74, 6) is -0.497. The van der Waals surface area contributed by atoms with Crippen LogP contribution in [0.2, 0.25) is 0 Å². The van der Waals surface area contributed by atoms with E-state index in [4.69, 9.17) is 20.8 Å². The zero-order valence-corrected chi connectivity index (χ0v) is 15.2. The molecule has 0 heterocycles. The summed E-state index contributed by atoms with van der Waals surface area (Å²) in [6, 6.07) is -0.924. The van der Waals surface area contributed by atoms with Gasteiger partial charge in [0.15, 0.2) is 0 Å². The molecule has 0 amide bonds. The number of hydrogen-bond acceptors (Lipinski definition) is 3. The number of rotatable bonds is 16. The SMILES string of the molecule is [3H]/C(CCCCC)=C(\[3H])C/C([3H])=C(/[3H])C/C([3H])=C(/[3H])C/C([3H])=C(/[3H])CCCC(=O)OCCO. The third-order valence-corrected chi connectivity index (χ3v) is 2.97. The first kappa shape index (κ1) is 12.7. The summed E-state index contributed by atoms with van der Waals surface area (Å²) in [5, 5.41) is 8.59. The van der Waals surface area contributed by atoms with Crippen molar-refractivity contribution in [1.29, 1.82) is 0 Å². The Balaban J connectivity index is 4.91. The minimum atomic E-state index is -0.497. The van der Waals surface area contributed by atoms with Gasteiger partial charge in [0.1, 0.15) is 6.61 Å². The van der Waals surface area contributed by atoms with Crippen LogP contribution in [0.1, 0.15) is 82.1 Å². The summed E-state index contributed by atoms with van der Waals surface area (Å²) in [7, 11) is 0. The van der Waals surface area contributed by atoms with E-state index in [2.05, 4.69) is 0 Å². The van der Waals surface area contributed by atoms with Crippen molar-refractivity contribution in [2.75, 3.05) is 13.2 Å². The third kappa shape index (κ3) is 20.3. The van der Waals surface area contributed by atoms with E-state index in [1.54, 1.807) is 0 Å². The molecule has 0 aromatic rings. The third-order valence-electron chi connectivity index (χ3n) is 2.97. The van der Waals surface area contributed by atoms with Gasteiger partial charge in [0.2, 0.25) is 0 Å². The second-order valence-electron chi connectivity index (χ2n) is 5.20. The zero-order valence-electron chi connectivity index (χ0n) is 23.2. The number of hydrogen-bond donors (Lipinski definition) is 1. The molecule has 0 atom stereocenters. The molecule has 142 valence electrons. The highest BCUT2D eigenvalue weighted by atomic mass is 16.5. The van der Waals surface area contributed by atoms with Gasteiger partial charge in [0, 0.05) is 6.42 Å². The number of aliphatic hydroxyl groups is 1. The van der Waals surface area contributed by atoms with E-state index >= 15 is 0 Å². The molecule has 0 aromatic carbocycles. The quantitative estimate of drug-likeness (QED) is 0.218. The van der Waals surface area contributed by atoms with Crippen molar-refractivity contribution < 1.29 is 25.6 Å². The fraction of sp³-hybridized carbons (Fsp3) is 0.591. The van der Waals surface area contributed by atoms with Crippen LogP contribution in [-0.2, 0) is 9.53 Å². The van der Waals surface area contributed by atoms with Crippen molar-refractivity contribution in [2.45, 2.75) is 71.1 Å². The molecule has 0 rings (SSSR count). The van der Waals surface area contributed by atoms with Gasteiger partial charge in [-0.05, 0) is 44.9 Å². The lowest BCUT2D eigenvalue weighted by Gasteiger charge is -2.00. The molecule has 25 heavy (non-hydrogen) atoms. The first-order chi connectivity index (χ1) is 15.5. The minimum Gasteiger partial charge on any atom is -0.463 e. The van der Waals surface area contributed by atoms with E-state index < -0.39 is 5.97 Å². The minimum absolute atomic E-state index is 0.0158. The maximum Gasteiger partial charge on any atom is 0.305 e. The normalized spacial score (nSPS) is 19.9. The van der Waals surface area contributed by atoms with Gasteiger partial charge in [-0.15, -0.1) is 0 Å². The number of carbonyl (C=O) groups is 1. The molecule has 0 unspecified atom stereocenters. The van der Waals surface area contributed by atoms with E-state index in [-0.39, 0.29) is 100 Å². The van der Waals surface area contributed by atoms with Crippen LogP contribution in [0.3, 0.4) is 0 Å². The first-order valence-corrected chi connectivity index (χ1v) is 8.90. The number of esters is 1. The molecule has 0 aliphatic carbocycles. The Labute approximate surface area is 165 Å². The van der Waals surface area contributed by atoms with Crippen molar-refractivity contribution in [2.24, 2.45) is 0 Å². The fourth-order valence-electron chi connectivity index (χ4n) is 1.70. The Kier molecular flexibility index (Phi) is 10.4. The Morgan fingerprint density at radius 1 is 0.880 bits per heavy atom. The maximum absolute atomic E-state index is 11.4. The number of ether oxygens (including phenoxy) is 1. The van der Waals surface area contributed by atoms with E-state index in [9.17, 15) is 4.79 Å². The lowest BCUT2D eigenvalue weighted by atomic mass is 10.2. The average Bonchev–Trinajstić information content (AvgIpc) is 2.77. The second-order valence-corrected chi connectivity index (χ2v) is 5.20. The van der Waals surface area contributed by atoms with E-state index in [0.717, 1.165) is 19.3 Å². The smallest absolute Gasteiger partial charge is 0.305 e. The van der Waals surface area contributed by atoms with Crippen molar-refractivity contribution in [3.63, 3.8) is 0 Å². The summed E-state index contributed by atoms with van der Waals surface area (Å²) in [6.45, 7) is 1.70. The molecule has 0 bridgehead atoms. The highest BCUT2D eigenvalue weighted by molar-refractivity contribution is 5.69. The maximum atomic E-state index is 11.4. The summed E-state index contributed by atoms with van der Waals surface area (Å²) < 4.78 is 68.3. The van der Waals surface area contributed by atoms with Crippen LogP contribution in [0, 0.1) is 0 Å². The number of allylic oxidation sites excluding steroid dienone is 8. The molecular formula is C22H36O3. The Morgan fingerprint density at radius 2 is 1.40 bits per heavy atom. The standard InChI is InChI=1S/C22H36O3/c1-2-3-4-5-6-7-8-9-10-11-12-13-14-15-16-17-18-19-22(24)25-21-20-23/h6-7,9-10,12-13,15-16,23H,2-5,8,11,14,17-21H2,1H3/b7-6-,10-9-,13-12-,16-15-/i6T,7T,9T,10T,12T,13T,15T,16T. The van der Waals surface area contributed by atoms with Crippen LogP contribution in [0.15, 0.2) is 48.4 Å². The van der Waals surface area contributed by atoms with Gasteiger partial charge in [-0.1, -0.05) is 68.2 Å². The monoisotopic (exact) mass is 364 g/mol. The molecule has 0 aliphatic heterocycles. The molecule has 0 radical (unpaired) electrons. The highest BCUT2D eigenvalue weighted by Gasteiger charge is 1.99. The summed E-state index contributed by atoms with van der Waals surface area (Å²) in [6.07, 6.45) is 3.01. The molecule has 3 nitrogen and oxygen atoms in total. The molecule has 0 aliphatic rings. The number of carbonyl (C=O) groups excluding carboxylic acids is 1. The fourth-order valence-corrected chi connectivity index (χ4v) is 1.70. The van der Waals surface area contributed by atoms with E-state index in [1.165, 1.54) is 0 Å².